The molecule has 2 rings (SSSR count). The smallest absolute Gasteiger partial charge is 0.315 e. The van der Waals surface area contributed by atoms with Crippen LogP contribution in [0.2, 0.25) is 0 Å². The summed E-state index contributed by atoms with van der Waals surface area (Å²) >= 11 is 0. The number of amides is 4. The Morgan fingerprint density at radius 2 is 1.69 bits per heavy atom. The first-order valence-electron chi connectivity index (χ1n) is 8.95. The maximum atomic E-state index is 13.4. The summed E-state index contributed by atoms with van der Waals surface area (Å²) in [6, 6.07) is 12.0. The fourth-order valence-electron chi connectivity index (χ4n) is 2.21. The highest BCUT2D eigenvalue weighted by atomic mass is 19.1. The van der Waals surface area contributed by atoms with Gasteiger partial charge in [0.15, 0.2) is 18.2 Å². The van der Waals surface area contributed by atoms with Crippen LogP contribution in [-0.4, -0.2) is 30.5 Å². The van der Waals surface area contributed by atoms with Crippen LogP contribution in [-0.2, 0) is 11.3 Å². The minimum atomic E-state index is -0.640. The Hall–Kier alpha value is -3.62. The van der Waals surface area contributed by atoms with Crippen molar-refractivity contribution in [3.63, 3.8) is 0 Å². The Kier molecular flexibility index (Phi) is 7.96. The molecule has 0 saturated heterocycles. The van der Waals surface area contributed by atoms with Crippen molar-refractivity contribution in [1.29, 1.82) is 0 Å². The van der Waals surface area contributed by atoms with E-state index in [-0.39, 0.29) is 17.8 Å². The van der Waals surface area contributed by atoms with Gasteiger partial charge >= 0.3 is 6.03 Å². The van der Waals surface area contributed by atoms with Crippen molar-refractivity contribution >= 4 is 17.8 Å². The van der Waals surface area contributed by atoms with Gasteiger partial charge in [-0.2, -0.15) is 0 Å². The van der Waals surface area contributed by atoms with Crippen LogP contribution >= 0.6 is 0 Å². The molecule has 0 atom stereocenters. The summed E-state index contributed by atoms with van der Waals surface area (Å²) in [4.78, 5) is 35.3. The highest BCUT2D eigenvalue weighted by Crippen LogP contribution is 2.14. The zero-order valence-corrected chi connectivity index (χ0v) is 16.1. The molecule has 0 saturated carbocycles. The van der Waals surface area contributed by atoms with Crippen LogP contribution in [0.3, 0.4) is 0 Å². The molecule has 0 bridgehead atoms. The number of nitrogens with one attached hydrogen (secondary N) is 4. The molecule has 29 heavy (non-hydrogen) atoms. The average molecular weight is 402 g/mol. The van der Waals surface area contributed by atoms with Crippen molar-refractivity contribution < 1.29 is 23.5 Å². The van der Waals surface area contributed by atoms with Gasteiger partial charge in [-0.05, 0) is 43.7 Å². The van der Waals surface area contributed by atoms with Gasteiger partial charge in [0.05, 0.1) is 0 Å². The lowest BCUT2D eigenvalue weighted by Gasteiger charge is -2.11. The second-order valence-corrected chi connectivity index (χ2v) is 6.40. The third kappa shape index (κ3) is 7.49. The van der Waals surface area contributed by atoms with Crippen LogP contribution in [0.4, 0.5) is 9.18 Å². The van der Waals surface area contributed by atoms with Crippen LogP contribution < -0.4 is 26.2 Å². The Labute approximate surface area is 167 Å². The lowest BCUT2D eigenvalue weighted by Crippen LogP contribution is -2.43. The van der Waals surface area contributed by atoms with Crippen LogP contribution in [0.25, 0.3) is 0 Å². The molecule has 9 heteroatoms. The van der Waals surface area contributed by atoms with Gasteiger partial charge in [0, 0.05) is 18.2 Å². The number of hydrazine groups is 1. The van der Waals surface area contributed by atoms with Crippen LogP contribution in [0, 0.1) is 5.82 Å². The summed E-state index contributed by atoms with van der Waals surface area (Å²) in [6.07, 6.45) is 0. The number of hydrogen-bond acceptors (Lipinski definition) is 4. The molecule has 4 amide bonds. The average Bonchev–Trinajstić information content (AvgIpc) is 2.69. The van der Waals surface area contributed by atoms with Crippen molar-refractivity contribution in [2.45, 2.75) is 26.4 Å². The molecule has 0 aliphatic rings. The normalized spacial score (nSPS) is 10.2. The highest BCUT2D eigenvalue weighted by molar-refractivity contribution is 5.95. The molecule has 2 aromatic carbocycles. The maximum absolute atomic E-state index is 13.4. The summed E-state index contributed by atoms with van der Waals surface area (Å²) < 4.78 is 18.5. The van der Waals surface area contributed by atoms with Gasteiger partial charge in [-0.25, -0.2) is 9.18 Å². The number of hydrogen-bond donors (Lipinski definition) is 4. The summed E-state index contributed by atoms with van der Waals surface area (Å²) in [5.41, 5.74) is 5.56. The number of carbonyl (C=O) groups is 3. The Balaban J connectivity index is 1.75. The van der Waals surface area contributed by atoms with Crippen molar-refractivity contribution in [2.75, 3.05) is 6.61 Å². The molecule has 0 aliphatic carbocycles. The van der Waals surface area contributed by atoms with Gasteiger partial charge in [0.2, 0.25) is 0 Å². The van der Waals surface area contributed by atoms with Gasteiger partial charge in [-0.15, -0.1) is 0 Å². The van der Waals surface area contributed by atoms with E-state index >= 15 is 0 Å². The van der Waals surface area contributed by atoms with Gasteiger partial charge in [-0.3, -0.25) is 20.4 Å². The summed E-state index contributed by atoms with van der Waals surface area (Å²) in [5, 5.41) is 5.41. The van der Waals surface area contributed by atoms with Gasteiger partial charge < -0.3 is 15.4 Å². The van der Waals surface area contributed by atoms with Crippen molar-refractivity contribution in [2.24, 2.45) is 0 Å². The lowest BCUT2D eigenvalue weighted by molar-refractivity contribution is -0.123. The van der Waals surface area contributed by atoms with Crippen LogP contribution in [0.1, 0.15) is 29.8 Å². The first-order chi connectivity index (χ1) is 13.8. The number of rotatable bonds is 7. The van der Waals surface area contributed by atoms with Gasteiger partial charge in [-0.1, -0.05) is 24.3 Å². The molecule has 154 valence electrons. The molecule has 0 fully saturated rings. The Bertz CT molecular complexity index is 856. The molecular weight excluding hydrogens is 379 g/mol. The number of halogens is 1. The van der Waals surface area contributed by atoms with Crippen molar-refractivity contribution in [3.8, 4) is 5.75 Å². The summed E-state index contributed by atoms with van der Waals surface area (Å²) in [7, 11) is 0. The molecular formula is C20H23FN4O4. The molecule has 2 aromatic rings. The third-order valence-electron chi connectivity index (χ3n) is 3.60. The standard InChI is InChI=1S/C20H23FN4O4/c1-13(2)23-20(28)22-11-14-7-9-15(10-8-14)19(27)25-24-18(26)12-29-17-6-4-3-5-16(17)21/h3-10,13H,11-12H2,1-2H3,(H,24,26)(H,25,27)(H2,22,23,28). The van der Waals surface area contributed by atoms with E-state index in [0.717, 1.165) is 5.56 Å². The molecule has 0 spiro atoms. The minimum absolute atomic E-state index is 0.0356. The third-order valence-corrected chi connectivity index (χ3v) is 3.60. The Morgan fingerprint density at radius 1 is 1.00 bits per heavy atom. The predicted octanol–water partition coefficient (Wildman–Crippen LogP) is 1.87. The SMILES string of the molecule is CC(C)NC(=O)NCc1ccc(C(=O)NNC(=O)COc2ccccc2F)cc1. The summed E-state index contributed by atoms with van der Waals surface area (Å²) in [5.74, 6) is -1.80. The topological polar surface area (TPSA) is 109 Å². The van der Waals surface area contributed by atoms with Gasteiger partial charge in [0.25, 0.3) is 11.8 Å². The Morgan fingerprint density at radius 3 is 2.34 bits per heavy atom. The number of carbonyl (C=O) groups excluding carboxylic acids is 3. The molecule has 4 N–H and O–H groups in total. The highest BCUT2D eigenvalue weighted by Gasteiger charge is 2.10. The zero-order valence-electron chi connectivity index (χ0n) is 16.1. The number of para-hydroxylation sites is 1. The van der Waals surface area contributed by atoms with E-state index in [0.29, 0.717) is 12.1 Å². The quantitative estimate of drug-likeness (QED) is 0.530. The first kappa shape index (κ1) is 21.7. The van der Waals surface area contributed by atoms with E-state index in [1.807, 2.05) is 13.8 Å². The largest absolute Gasteiger partial charge is 0.481 e. The molecule has 8 nitrogen and oxygen atoms in total. The van der Waals surface area contributed by atoms with E-state index in [2.05, 4.69) is 21.5 Å². The van der Waals surface area contributed by atoms with Crippen molar-refractivity contribution in [3.05, 3.63) is 65.5 Å². The molecule has 0 aromatic heterocycles. The van der Waals surface area contributed by atoms with Crippen molar-refractivity contribution in [1.82, 2.24) is 21.5 Å². The first-order valence-corrected chi connectivity index (χ1v) is 8.95. The number of ether oxygens (including phenoxy) is 1. The van der Waals surface area contributed by atoms with Crippen LogP contribution in [0.15, 0.2) is 48.5 Å². The molecule has 0 heterocycles. The fourth-order valence-corrected chi connectivity index (χ4v) is 2.21. The van der Waals surface area contributed by atoms with Crippen LogP contribution in [0.5, 0.6) is 5.75 Å². The fraction of sp³-hybridized carbons (Fsp3) is 0.250. The lowest BCUT2D eigenvalue weighted by atomic mass is 10.1. The minimum Gasteiger partial charge on any atom is -0.481 e. The number of urea groups is 1. The zero-order chi connectivity index (χ0) is 21.2. The van der Waals surface area contributed by atoms with E-state index in [4.69, 9.17) is 4.74 Å². The second-order valence-electron chi connectivity index (χ2n) is 6.40. The van der Waals surface area contributed by atoms with E-state index in [1.54, 1.807) is 30.3 Å². The number of benzene rings is 2. The predicted molar refractivity (Wildman–Crippen MR) is 104 cm³/mol. The van der Waals surface area contributed by atoms with E-state index in [1.165, 1.54) is 18.2 Å². The van der Waals surface area contributed by atoms with E-state index in [9.17, 15) is 18.8 Å². The molecule has 0 radical (unpaired) electrons. The maximum Gasteiger partial charge on any atom is 0.315 e. The van der Waals surface area contributed by atoms with Gasteiger partial charge in [0.1, 0.15) is 0 Å². The second kappa shape index (κ2) is 10.6. The summed E-state index contributed by atoms with van der Waals surface area (Å²) in [6.45, 7) is 3.57. The van der Waals surface area contributed by atoms with E-state index < -0.39 is 24.2 Å². The molecule has 0 aliphatic heterocycles. The monoisotopic (exact) mass is 402 g/mol. The molecule has 0 unspecified atom stereocenters.